The van der Waals surface area contributed by atoms with Crippen molar-refractivity contribution in [3.05, 3.63) is 78.6 Å². The molecule has 0 aliphatic heterocycles. The Balaban J connectivity index is 2.19. The number of carbonyl (C=O) groups excluding carboxylic acids is 1. The van der Waals surface area contributed by atoms with Gasteiger partial charge in [0.05, 0.1) is 6.61 Å². The number of ketones is 1. The van der Waals surface area contributed by atoms with Gasteiger partial charge in [-0.05, 0) is 35.9 Å². The minimum atomic E-state index is -0.567. The maximum absolute atomic E-state index is 11.3. The van der Waals surface area contributed by atoms with Crippen LogP contribution in [0.5, 0.6) is 0 Å². The van der Waals surface area contributed by atoms with Crippen LogP contribution in [0.15, 0.2) is 73.0 Å². The number of rotatable bonds is 5. The van der Waals surface area contributed by atoms with E-state index in [2.05, 4.69) is 12.3 Å². The van der Waals surface area contributed by atoms with Crippen LogP contribution in [0.1, 0.15) is 5.56 Å². The van der Waals surface area contributed by atoms with Gasteiger partial charge in [0.1, 0.15) is 5.60 Å². The molecule has 19 heavy (non-hydrogen) atoms. The first kappa shape index (κ1) is 13.3. The molecule has 1 aromatic carbocycles. The van der Waals surface area contributed by atoms with Crippen molar-refractivity contribution < 1.29 is 9.53 Å². The summed E-state index contributed by atoms with van der Waals surface area (Å²) in [6.45, 7) is 3.93. The lowest BCUT2D eigenvalue weighted by atomic mass is 9.90. The van der Waals surface area contributed by atoms with Gasteiger partial charge in [0, 0.05) is 6.42 Å². The van der Waals surface area contributed by atoms with E-state index in [-0.39, 0.29) is 5.78 Å². The Hall–Kier alpha value is -2.15. The smallest absolute Gasteiger partial charge is 0.178 e. The van der Waals surface area contributed by atoms with Crippen LogP contribution in [-0.4, -0.2) is 18.0 Å². The molecule has 1 aromatic rings. The molecule has 2 rings (SSSR count). The predicted octanol–water partition coefficient (Wildman–Crippen LogP) is 3.02. The van der Waals surface area contributed by atoms with Crippen molar-refractivity contribution >= 4 is 5.78 Å². The third-order valence-corrected chi connectivity index (χ3v) is 2.96. The highest BCUT2D eigenvalue weighted by Crippen LogP contribution is 2.24. The van der Waals surface area contributed by atoms with Gasteiger partial charge in [0.25, 0.3) is 0 Å². The van der Waals surface area contributed by atoms with Crippen LogP contribution in [0.4, 0.5) is 0 Å². The third kappa shape index (κ3) is 3.65. The number of hydrogen-bond donors (Lipinski definition) is 0. The maximum atomic E-state index is 11.3. The molecule has 0 amide bonds. The van der Waals surface area contributed by atoms with Crippen LogP contribution in [-0.2, 0) is 16.0 Å². The highest BCUT2D eigenvalue weighted by Gasteiger charge is 2.27. The van der Waals surface area contributed by atoms with Gasteiger partial charge in [-0.3, -0.25) is 4.79 Å². The molecule has 0 saturated heterocycles. The van der Waals surface area contributed by atoms with Gasteiger partial charge in [0.2, 0.25) is 0 Å². The molecule has 0 atom stereocenters. The number of benzene rings is 1. The lowest BCUT2D eigenvalue weighted by Crippen LogP contribution is -2.33. The molecule has 0 aromatic heterocycles. The third-order valence-electron chi connectivity index (χ3n) is 2.96. The molecular formula is C17H16O2. The number of hydrogen-bond acceptors (Lipinski definition) is 2. The molecule has 0 radical (unpaired) electrons. The summed E-state index contributed by atoms with van der Waals surface area (Å²) in [5, 5.41) is 0. The van der Waals surface area contributed by atoms with Gasteiger partial charge in [-0.1, -0.05) is 36.9 Å². The summed E-state index contributed by atoms with van der Waals surface area (Å²) in [7, 11) is 0. The lowest BCUT2D eigenvalue weighted by Gasteiger charge is -2.29. The molecule has 0 saturated carbocycles. The fraction of sp³-hybridized carbons (Fsp3) is 0.176. The second-order valence-electron chi connectivity index (χ2n) is 4.41. The number of carbonyl (C=O) groups is 1. The normalized spacial score (nSPS) is 16.1. The number of ether oxygens (including phenoxy) is 1. The molecule has 0 bridgehead atoms. The van der Waals surface area contributed by atoms with Crippen LogP contribution >= 0.6 is 0 Å². The van der Waals surface area contributed by atoms with Crippen LogP contribution in [0, 0.1) is 0 Å². The standard InChI is InChI=1S/C17H16O2/c1-2-3-13-19-17(11-9-16(18)10-12-17)14-15-7-5-4-6-8-15/h3-12H,1,13-14H2. The Kier molecular flexibility index (Phi) is 4.30. The molecule has 2 heteroatoms. The molecule has 0 spiro atoms. The van der Waals surface area contributed by atoms with Gasteiger partial charge in [-0.15, -0.1) is 5.73 Å². The largest absolute Gasteiger partial charge is 0.362 e. The van der Waals surface area contributed by atoms with Crippen molar-refractivity contribution in [1.82, 2.24) is 0 Å². The van der Waals surface area contributed by atoms with E-state index in [4.69, 9.17) is 4.74 Å². The summed E-state index contributed by atoms with van der Waals surface area (Å²) in [5.41, 5.74) is 3.28. The van der Waals surface area contributed by atoms with E-state index in [0.29, 0.717) is 13.0 Å². The summed E-state index contributed by atoms with van der Waals surface area (Å²) in [5.74, 6) is -0.00782. The molecule has 1 aliphatic carbocycles. The fourth-order valence-corrected chi connectivity index (χ4v) is 1.99. The minimum absolute atomic E-state index is 0.00782. The van der Waals surface area contributed by atoms with Crippen molar-refractivity contribution in [2.75, 3.05) is 6.61 Å². The van der Waals surface area contributed by atoms with Crippen LogP contribution in [0.25, 0.3) is 0 Å². The van der Waals surface area contributed by atoms with E-state index in [9.17, 15) is 4.79 Å². The van der Waals surface area contributed by atoms with Gasteiger partial charge >= 0.3 is 0 Å². The Bertz CT molecular complexity index is 530. The van der Waals surface area contributed by atoms with Crippen molar-refractivity contribution in [3.8, 4) is 0 Å². The van der Waals surface area contributed by atoms with Crippen LogP contribution in [0.3, 0.4) is 0 Å². The molecule has 0 heterocycles. The quantitative estimate of drug-likeness (QED) is 0.753. The first-order valence-electron chi connectivity index (χ1n) is 6.19. The monoisotopic (exact) mass is 252 g/mol. The fourth-order valence-electron chi connectivity index (χ4n) is 1.99. The first-order chi connectivity index (χ1) is 9.24. The van der Waals surface area contributed by atoms with E-state index < -0.39 is 5.60 Å². The predicted molar refractivity (Wildman–Crippen MR) is 75.8 cm³/mol. The van der Waals surface area contributed by atoms with E-state index in [1.54, 1.807) is 18.2 Å². The summed E-state index contributed by atoms with van der Waals surface area (Å²) < 4.78 is 5.88. The molecular weight excluding hydrogens is 236 g/mol. The molecule has 0 unspecified atom stereocenters. The Labute approximate surface area is 113 Å². The van der Waals surface area contributed by atoms with Crippen LogP contribution < -0.4 is 0 Å². The minimum Gasteiger partial charge on any atom is -0.362 e. The number of allylic oxidation sites excluding steroid dienone is 2. The summed E-state index contributed by atoms with van der Waals surface area (Å²) in [6.07, 6.45) is 9.17. The lowest BCUT2D eigenvalue weighted by molar-refractivity contribution is -0.110. The average molecular weight is 252 g/mol. The van der Waals surface area contributed by atoms with Crippen molar-refractivity contribution in [2.24, 2.45) is 0 Å². The molecule has 1 aliphatic rings. The van der Waals surface area contributed by atoms with E-state index >= 15 is 0 Å². The zero-order chi connectivity index (χ0) is 13.6. The second kappa shape index (κ2) is 6.14. The topological polar surface area (TPSA) is 26.3 Å². The highest BCUT2D eigenvalue weighted by molar-refractivity contribution is 6.00. The van der Waals surface area contributed by atoms with E-state index in [1.165, 1.54) is 0 Å². The molecule has 96 valence electrons. The van der Waals surface area contributed by atoms with Gasteiger partial charge in [0.15, 0.2) is 5.78 Å². The second-order valence-corrected chi connectivity index (χ2v) is 4.41. The highest BCUT2D eigenvalue weighted by atomic mass is 16.5. The Morgan fingerprint density at radius 3 is 2.53 bits per heavy atom. The SMILES string of the molecule is C=C=CCOC1(Cc2ccccc2)C=CC(=O)C=C1. The summed E-state index contributed by atoms with van der Waals surface area (Å²) >= 11 is 0. The van der Waals surface area contributed by atoms with Gasteiger partial charge < -0.3 is 4.74 Å². The van der Waals surface area contributed by atoms with E-state index in [0.717, 1.165) is 5.56 Å². The van der Waals surface area contributed by atoms with Crippen molar-refractivity contribution in [1.29, 1.82) is 0 Å². The summed E-state index contributed by atoms with van der Waals surface area (Å²) in [6, 6.07) is 10.1. The zero-order valence-corrected chi connectivity index (χ0v) is 10.7. The molecule has 0 N–H and O–H groups in total. The molecule has 2 nitrogen and oxygen atoms in total. The maximum Gasteiger partial charge on any atom is 0.178 e. The zero-order valence-electron chi connectivity index (χ0n) is 10.7. The average Bonchev–Trinajstić information content (AvgIpc) is 2.44. The molecule has 0 fully saturated rings. The van der Waals surface area contributed by atoms with Crippen LogP contribution in [0.2, 0.25) is 0 Å². The van der Waals surface area contributed by atoms with Crippen molar-refractivity contribution in [3.63, 3.8) is 0 Å². The van der Waals surface area contributed by atoms with E-state index in [1.807, 2.05) is 42.5 Å². The van der Waals surface area contributed by atoms with Gasteiger partial charge in [-0.2, -0.15) is 0 Å². The van der Waals surface area contributed by atoms with Crippen molar-refractivity contribution in [2.45, 2.75) is 12.0 Å². The Morgan fingerprint density at radius 2 is 1.89 bits per heavy atom. The summed E-state index contributed by atoms with van der Waals surface area (Å²) in [4.78, 5) is 11.3. The first-order valence-corrected chi connectivity index (χ1v) is 6.19. The van der Waals surface area contributed by atoms with Gasteiger partial charge in [-0.25, -0.2) is 0 Å². The Morgan fingerprint density at radius 1 is 1.21 bits per heavy atom.